The number of nitrogens with one attached hydrogen (secondary N) is 1. The van der Waals surface area contributed by atoms with Crippen molar-refractivity contribution in [2.45, 2.75) is 32.6 Å². The number of hydrogen-bond acceptors (Lipinski definition) is 5. The Morgan fingerprint density at radius 2 is 1.80 bits per heavy atom. The fraction of sp³-hybridized carbons (Fsp3) is 0.481. The molecule has 0 bridgehead atoms. The zero-order valence-corrected chi connectivity index (χ0v) is 20.5. The van der Waals surface area contributed by atoms with E-state index in [0.717, 1.165) is 19.5 Å². The number of rotatable bonds is 3. The van der Waals surface area contributed by atoms with E-state index in [9.17, 15) is 14.4 Å². The molecule has 8 nitrogen and oxygen atoms in total. The van der Waals surface area contributed by atoms with Crippen molar-refractivity contribution in [1.29, 1.82) is 0 Å². The first kappa shape index (κ1) is 24.7. The van der Waals surface area contributed by atoms with E-state index >= 15 is 0 Å². The van der Waals surface area contributed by atoms with Crippen molar-refractivity contribution in [3.63, 3.8) is 0 Å². The number of amides is 3. The summed E-state index contributed by atoms with van der Waals surface area (Å²) in [7, 11) is 0. The van der Waals surface area contributed by atoms with Crippen LogP contribution in [-0.4, -0.2) is 78.3 Å². The summed E-state index contributed by atoms with van der Waals surface area (Å²) in [6, 6.07) is 11.9. The van der Waals surface area contributed by atoms with Gasteiger partial charge in [-0.15, -0.1) is 0 Å². The maximum absolute atomic E-state index is 13.4. The third-order valence-electron chi connectivity index (χ3n) is 6.91. The number of nitrogens with zero attached hydrogens (tertiary/aromatic N) is 4. The summed E-state index contributed by atoms with van der Waals surface area (Å²) in [4.78, 5) is 48.8. The van der Waals surface area contributed by atoms with E-state index in [2.05, 4.69) is 46.4 Å². The summed E-state index contributed by atoms with van der Waals surface area (Å²) in [5.74, 6) is -0.212. The van der Waals surface area contributed by atoms with Crippen molar-refractivity contribution in [3.8, 4) is 0 Å². The molecule has 2 aliphatic rings. The Morgan fingerprint density at radius 1 is 0.971 bits per heavy atom. The van der Waals surface area contributed by atoms with Crippen LogP contribution < -0.4 is 10.2 Å². The summed E-state index contributed by atoms with van der Waals surface area (Å²) >= 11 is 0. The minimum Gasteiger partial charge on any atom is -0.368 e. The van der Waals surface area contributed by atoms with E-state index in [1.165, 1.54) is 11.3 Å². The second-order valence-electron chi connectivity index (χ2n) is 9.41. The van der Waals surface area contributed by atoms with Gasteiger partial charge in [0.1, 0.15) is 0 Å². The van der Waals surface area contributed by atoms with E-state index in [4.69, 9.17) is 0 Å². The molecule has 1 aromatic heterocycles. The second kappa shape index (κ2) is 11.8. The average molecular weight is 478 g/mol. The van der Waals surface area contributed by atoms with Gasteiger partial charge in [-0.1, -0.05) is 12.1 Å². The molecule has 1 aromatic carbocycles. The van der Waals surface area contributed by atoms with Crippen molar-refractivity contribution < 1.29 is 14.4 Å². The fourth-order valence-electron chi connectivity index (χ4n) is 4.89. The molecule has 3 heterocycles. The zero-order valence-electron chi connectivity index (χ0n) is 20.5. The van der Waals surface area contributed by atoms with Crippen LogP contribution >= 0.6 is 0 Å². The van der Waals surface area contributed by atoms with Gasteiger partial charge in [0.05, 0.1) is 5.56 Å². The quantitative estimate of drug-likeness (QED) is 0.734. The standard InChI is InChI=1S/C27H35N5O3/c1-21-5-2-8-24(19-21)30-15-17-32(18-16-30)26(34)22-7-4-13-31(14-10-25(33)29-12-9-22)27(35)23-6-3-11-28-20-23/h2-3,5-6,8,11,19-20,22H,4,7,9-10,12-18H2,1H3,(H,29,33). The molecule has 35 heavy (non-hydrogen) atoms. The van der Waals surface area contributed by atoms with Gasteiger partial charge in [0.15, 0.2) is 0 Å². The maximum Gasteiger partial charge on any atom is 0.255 e. The lowest BCUT2D eigenvalue weighted by Crippen LogP contribution is -2.50. The number of aromatic nitrogens is 1. The maximum atomic E-state index is 13.4. The molecular formula is C27H35N5O3. The first-order chi connectivity index (χ1) is 17.0. The highest BCUT2D eigenvalue weighted by atomic mass is 16.2. The van der Waals surface area contributed by atoms with Gasteiger partial charge in [-0.05, 0) is 56.0 Å². The van der Waals surface area contributed by atoms with Crippen LogP contribution in [0.4, 0.5) is 5.69 Å². The number of carbonyl (C=O) groups excluding carboxylic acids is 3. The summed E-state index contributed by atoms with van der Waals surface area (Å²) in [5, 5.41) is 2.93. The second-order valence-corrected chi connectivity index (χ2v) is 9.41. The fourth-order valence-corrected chi connectivity index (χ4v) is 4.89. The molecule has 0 aliphatic carbocycles. The van der Waals surface area contributed by atoms with Gasteiger partial charge in [-0.25, -0.2) is 0 Å². The number of hydrogen-bond donors (Lipinski definition) is 1. The lowest BCUT2D eigenvalue weighted by Gasteiger charge is -2.38. The van der Waals surface area contributed by atoms with E-state index < -0.39 is 0 Å². The Hall–Kier alpha value is -3.42. The molecule has 8 heteroatoms. The molecule has 3 amide bonds. The molecule has 186 valence electrons. The number of benzene rings is 1. The van der Waals surface area contributed by atoms with Gasteiger partial charge in [0.2, 0.25) is 11.8 Å². The number of carbonyl (C=O) groups is 3. The summed E-state index contributed by atoms with van der Waals surface area (Å²) < 4.78 is 0. The first-order valence-corrected chi connectivity index (χ1v) is 12.6. The molecule has 2 aliphatic heterocycles. The lowest BCUT2D eigenvalue weighted by atomic mass is 9.96. The molecule has 1 N–H and O–H groups in total. The van der Waals surface area contributed by atoms with Crippen molar-refractivity contribution in [3.05, 3.63) is 59.9 Å². The van der Waals surface area contributed by atoms with Crippen LogP contribution in [0, 0.1) is 12.8 Å². The molecule has 2 aromatic rings. The van der Waals surface area contributed by atoms with Gasteiger partial charge >= 0.3 is 0 Å². The van der Waals surface area contributed by atoms with E-state index in [1.807, 2.05) is 4.90 Å². The highest BCUT2D eigenvalue weighted by molar-refractivity contribution is 5.94. The average Bonchev–Trinajstić information content (AvgIpc) is 2.93. The van der Waals surface area contributed by atoms with Crippen LogP contribution in [0.1, 0.15) is 41.6 Å². The minimum atomic E-state index is -0.158. The zero-order chi connectivity index (χ0) is 24.6. The Bertz CT molecular complexity index is 1020. The molecule has 0 spiro atoms. The van der Waals surface area contributed by atoms with E-state index in [-0.39, 0.29) is 30.1 Å². The Labute approximate surface area is 207 Å². The van der Waals surface area contributed by atoms with Crippen molar-refractivity contribution in [1.82, 2.24) is 20.1 Å². The molecule has 4 rings (SSSR count). The Kier molecular flexibility index (Phi) is 8.34. The molecule has 1 unspecified atom stereocenters. The number of anilines is 1. The van der Waals surface area contributed by atoms with Gasteiger partial charge in [0.25, 0.3) is 5.91 Å². The Morgan fingerprint density at radius 3 is 2.54 bits per heavy atom. The highest BCUT2D eigenvalue weighted by Gasteiger charge is 2.28. The highest BCUT2D eigenvalue weighted by Crippen LogP contribution is 2.21. The van der Waals surface area contributed by atoms with Gasteiger partial charge in [0, 0.05) is 76.2 Å². The number of piperazine rings is 1. The molecule has 2 saturated heterocycles. The number of pyridine rings is 1. The van der Waals surface area contributed by atoms with Crippen molar-refractivity contribution in [2.75, 3.05) is 50.7 Å². The van der Waals surface area contributed by atoms with E-state index in [1.54, 1.807) is 29.4 Å². The van der Waals surface area contributed by atoms with E-state index in [0.29, 0.717) is 51.1 Å². The summed E-state index contributed by atoms with van der Waals surface area (Å²) in [5.41, 5.74) is 2.95. The predicted molar refractivity (Wildman–Crippen MR) is 135 cm³/mol. The molecular weight excluding hydrogens is 442 g/mol. The van der Waals surface area contributed by atoms with Crippen LogP contribution in [0.2, 0.25) is 0 Å². The number of aryl methyl sites for hydroxylation is 1. The normalized spacial score (nSPS) is 20.1. The largest absolute Gasteiger partial charge is 0.368 e. The third-order valence-corrected chi connectivity index (χ3v) is 6.91. The monoisotopic (exact) mass is 477 g/mol. The van der Waals surface area contributed by atoms with Crippen LogP contribution in [0.5, 0.6) is 0 Å². The topological polar surface area (TPSA) is 85.8 Å². The van der Waals surface area contributed by atoms with Crippen molar-refractivity contribution >= 4 is 23.4 Å². The molecule has 0 radical (unpaired) electrons. The molecule has 2 fully saturated rings. The third kappa shape index (κ3) is 6.59. The van der Waals surface area contributed by atoms with Gasteiger partial charge < -0.3 is 20.0 Å². The SMILES string of the molecule is Cc1cccc(N2CCN(C(=O)C3CCCN(C(=O)c4cccnc4)CCC(=O)NCC3)CC2)c1. The predicted octanol–water partition coefficient (Wildman–Crippen LogP) is 2.49. The van der Waals surface area contributed by atoms with Gasteiger partial charge in [-0.2, -0.15) is 0 Å². The van der Waals surface area contributed by atoms with Gasteiger partial charge in [-0.3, -0.25) is 19.4 Å². The van der Waals surface area contributed by atoms with Crippen LogP contribution in [-0.2, 0) is 9.59 Å². The summed E-state index contributed by atoms with van der Waals surface area (Å²) in [6.45, 7) is 6.47. The molecule has 1 atom stereocenters. The van der Waals surface area contributed by atoms with Crippen LogP contribution in [0.15, 0.2) is 48.8 Å². The van der Waals surface area contributed by atoms with Crippen LogP contribution in [0.3, 0.4) is 0 Å². The van der Waals surface area contributed by atoms with Crippen molar-refractivity contribution in [2.24, 2.45) is 5.92 Å². The lowest BCUT2D eigenvalue weighted by molar-refractivity contribution is -0.136. The summed E-state index contributed by atoms with van der Waals surface area (Å²) in [6.07, 6.45) is 5.48. The molecule has 0 saturated carbocycles. The smallest absolute Gasteiger partial charge is 0.255 e. The minimum absolute atomic E-state index is 0.0890. The first-order valence-electron chi connectivity index (χ1n) is 12.6. The Balaban J connectivity index is 1.36. The van der Waals surface area contributed by atoms with Crippen LogP contribution in [0.25, 0.3) is 0 Å².